The van der Waals surface area contributed by atoms with E-state index in [0.717, 1.165) is 14.7 Å². The molecule has 0 amide bonds. The van der Waals surface area contributed by atoms with Crippen LogP contribution in [0.5, 0.6) is 0 Å². The van der Waals surface area contributed by atoms with Gasteiger partial charge in [-0.3, -0.25) is 4.98 Å². The standard InChI is InChI=1S/C13H9IN4O/c14-9-3-4-11(15)10(6-9)13-17-12(18-19-13)8-2-1-5-16-7-8/h1-7H,15H2. The molecule has 94 valence electrons. The maximum Gasteiger partial charge on any atom is 0.260 e. The van der Waals surface area contributed by atoms with Crippen LogP contribution >= 0.6 is 22.6 Å². The number of anilines is 1. The van der Waals surface area contributed by atoms with E-state index in [1.54, 1.807) is 12.4 Å². The molecule has 3 aromatic rings. The summed E-state index contributed by atoms with van der Waals surface area (Å²) in [5.41, 5.74) is 8.09. The summed E-state index contributed by atoms with van der Waals surface area (Å²) in [5.74, 6) is 0.913. The summed E-state index contributed by atoms with van der Waals surface area (Å²) >= 11 is 2.21. The molecular formula is C13H9IN4O. The SMILES string of the molecule is Nc1ccc(I)cc1-c1nc(-c2cccnc2)no1. The van der Waals surface area contributed by atoms with Crippen LogP contribution in [0.3, 0.4) is 0 Å². The van der Waals surface area contributed by atoms with E-state index < -0.39 is 0 Å². The van der Waals surface area contributed by atoms with Crippen LogP contribution in [-0.4, -0.2) is 15.1 Å². The molecule has 1 aromatic carbocycles. The van der Waals surface area contributed by atoms with E-state index in [2.05, 4.69) is 37.7 Å². The van der Waals surface area contributed by atoms with Gasteiger partial charge in [0.1, 0.15) is 0 Å². The second-order valence-corrected chi connectivity index (χ2v) is 5.14. The smallest absolute Gasteiger partial charge is 0.260 e. The first kappa shape index (κ1) is 12.1. The lowest BCUT2D eigenvalue weighted by Crippen LogP contribution is -1.91. The number of nitrogens with zero attached hydrogens (tertiary/aromatic N) is 3. The van der Waals surface area contributed by atoms with Crippen molar-refractivity contribution in [3.63, 3.8) is 0 Å². The molecule has 2 heterocycles. The fourth-order valence-corrected chi connectivity index (χ4v) is 2.15. The van der Waals surface area contributed by atoms with E-state index in [1.807, 2.05) is 30.3 Å². The molecule has 6 heteroatoms. The molecule has 0 radical (unpaired) electrons. The van der Waals surface area contributed by atoms with E-state index in [4.69, 9.17) is 10.3 Å². The Morgan fingerprint density at radius 1 is 1.21 bits per heavy atom. The summed E-state index contributed by atoms with van der Waals surface area (Å²) in [6, 6.07) is 9.37. The summed E-state index contributed by atoms with van der Waals surface area (Å²) in [4.78, 5) is 8.38. The van der Waals surface area contributed by atoms with E-state index in [-0.39, 0.29) is 0 Å². The van der Waals surface area contributed by atoms with Gasteiger partial charge in [-0.1, -0.05) is 5.16 Å². The average Bonchev–Trinajstić information content (AvgIpc) is 2.92. The Morgan fingerprint density at radius 2 is 2.11 bits per heavy atom. The molecule has 0 saturated carbocycles. The van der Waals surface area contributed by atoms with Crippen LogP contribution in [0.25, 0.3) is 22.8 Å². The van der Waals surface area contributed by atoms with Gasteiger partial charge < -0.3 is 10.3 Å². The second kappa shape index (κ2) is 4.96. The van der Waals surface area contributed by atoms with Crippen LogP contribution in [0, 0.1) is 3.57 Å². The van der Waals surface area contributed by atoms with Gasteiger partial charge in [-0.05, 0) is 52.9 Å². The number of benzene rings is 1. The molecule has 0 spiro atoms. The Hall–Kier alpha value is -1.96. The topological polar surface area (TPSA) is 77.8 Å². The van der Waals surface area contributed by atoms with Gasteiger partial charge >= 0.3 is 0 Å². The molecule has 0 atom stereocenters. The first-order valence-electron chi connectivity index (χ1n) is 5.53. The monoisotopic (exact) mass is 364 g/mol. The van der Waals surface area contributed by atoms with Gasteiger partial charge in [-0.15, -0.1) is 0 Å². The van der Waals surface area contributed by atoms with Crippen molar-refractivity contribution in [1.82, 2.24) is 15.1 Å². The van der Waals surface area contributed by atoms with Gasteiger partial charge in [-0.25, -0.2) is 0 Å². The van der Waals surface area contributed by atoms with Crippen molar-refractivity contribution < 1.29 is 4.52 Å². The summed E-state index contributed by atoms with van der Waals surface area (Å²) in [6.45, 7) is 0. The van der Waals surface area contributed by atoms with Crippen molar-refractivity contribution >= 4 is 28.3 Å². The van der Waals surface area contributed by atoms with Gasteiger partial charge in [-0.2, -0.15) is 4.98 Å². The maximum absolute atomic E-state index is 5.93. The van der Waals surface area contributed by atoms with Crippen LogP contribution in [0.1, 0.15) is 0 Å². The minimum absolute atomic E-state index is 0.412. The van der Waals surface area contributed by atoms with Gasteiger partial charge in [0.25, 0.3) is 5.89 Å². The van der Waals surface area contributed by atoms with Gasteiger partial charge in [0.15, 0.2) is 0 Å². The molecule has 2 aromatic heterocycles. The van der Waals surface area contributed by atoms with E-state index >= 15 is 0 Å². The van der Waals surface area contributed by atoms with E-state index in [0.29, 0.717) is 17.4 Å². The van der Waals surface area contributed by atoms with E-state index in [1.165, 1.54) is 0 Å². The van der Waals surface area contributed by atoms with Crippen molar-refractivity contribution in [3.8, 4) is 22.8 Å². The minimum atomic E-state index is 0.412. The van der Waals surface area contributed by atoms with Gasteiger partial charge in [0.05, 0.1) is 5.56 Å². The van der Waals surface area contributed by atoms with Gasteiger partial charge in [0.2, 0.25) is 5.82 Å². The number of nitrogen functional groups attached to an aromatic ring is 1. The lowest BCUT2D eigenvalue weighted by atomic mass is 10.2. The third-order valence-corrected chi connectivity index (χ3v) is 3.26. The number of rotatable bonds is 2. The zero-order chi connectivity index (χ0) is 13.2. The highest BCUT2D eigenvalue weighted by Gasteiger charge is 2.13. The number of nitrogens with two attached hydrogens (primary N) is 1. The van der Waals surface area contributed by atoms with Crippen molar-refractivity contribution in [2.24, 2.45) is 0 Å². The number of aromatic nitrogens is 3. The van der Waals surface area contributed by atoms with Gasteiger partial charge in [0, 0.05) is 27.2 Å². The molecule has 5 nitrogen and oxygen atoms in total. The number of pyridine rings is 1. The highest BCUT2D eigenvalue weighted by Crippen LogP contribution is 2.27. The molecule has 0 aliphatic rings. The first-order chi connectivity index (χ1) is 9.24. The summed E-state index contributed by atoms with van der Waals surface area (Å²) in [7, 11) is 0. The zero-order valence-corrected chi connectivity index (χ0v) is 11.9. The minimum Gasteiger partial charge on any atom is -0.398 e. The molecule has 0 unspecified atom stereocenters. The van der Waals surface area contributed by atoms with Crippen LogP contribution in [-0.2, 0) is 0 Å². The number of halogens is 1. The predicted octanol–water partition coefficient (Wildman–Crippen LogP) is 2.99. The third kappa shape index (κ3) is 2.43. The zero-order valence-electron chi connectivity index (χ0n) is 9.75. The third-order valence-electron chi connectivity index (χ3n) is 2.59. The molecule has 0 bridgehead atoms. The van der Waals surface area contributed by atoms with Crippen molar-refractivity contribution in [3.05, 3.63) is 46.3 Å². The molecule has 0 aliphatic carbocycles. The lowest BCUT2D eigenvalue weighted by molar-refractivity contribution is 0.432. The van der Waals surface area contributed by atoms with Crippen molar-refractivity contribution in [2.45, 2.75) is 0 Å². The molecule has 19 heavy (non-hydrogen) atoms. The highest BCUT2D eigenvalue weighted by molar-refractivity contribution is 14.1. The molecule has 0 aliphatic heterocycles. The molecule has 3 rings (SSSR count). The summed E-state index contributed by atoms with van der Waals surface area (Å²) in [6.07, 6.45) is 3.38. The highest BCUT2D eigenvalue weighted by atomic mass is 127. The van der Waals surface area contributed by atoms with E-state index in [9.17, 15) is 0 Å². The quantitative estimate of drug-likeness (QED) is 0.559. The Labute approximate surface area is 123 Å². The fourth-order valence-electron chi connectivity index (χ4n) is 1.66. The summed E-state index contributed by atoms with van der Waals surface area (Å²) in [5, 5.41) is 3.95. The normalized spacial score (nSPS) is 10.6. The number of hydrogen-bond acceptors (Lipinski definition) is 5. The van der Waals surface area contributed by atoms with Crippen LogP contribution in [0.4, 0.5) is 5.69 Å². The maximum atomic E-state index is 5.93. The average molecular weight is 364 g/mol. The fraction of sp³-hybridized carbons (Fsp3) is 0. The van der Waals surface area contributed by atoms with Crippen LogP contribution < -0.4 is 5.73 Å². The second-order valence-electron chi connectivity index (χ2n) is 3.90. The molecule has 0 fully saturated rings. The molecular weight excluding hydrogens is 355 g/mol. The van der Waals surface area contributed by atoms with Crippen LogP contribution in [0.2, 0.25) is 0 Å². The van der Waals surface area contributed by atoms with Crippen LogP contribution in [0.15, 0.2) is 47.2 Å². The Balaban J connectivity index is 2.04. The molecule has 2 N–H and O–H groups in total. The largest absolute Gasteiger partial charge is 0.398 e. The Bertz CT molecular complexity index is 712. The number of hydrogen-bond donors (Lipinski definition) is 1. The summed E-state index contributed by atoms with van der Waals surface area (Å²) < 4.78 is 6.33. The van der Waals surface area contributed by atoms with Crippen molar-refractivity contribution in [2.75, 3.05) is 5.73 Å². The Kier molecular flexibility index (Phi) is 3.16. The molecule has 0 saturated heterocycles. The lowest BCUT2D eigenvalue weighted by Gasteiger charge is -2.00. The van der Waals surface area contributed by atoms with Crippen molar-refractivity contribution in [1.29, 1.82) is 0 Å². The predicted molar refractivity (Wildman–Crippen MR) is 80.1 cm³/mol. The first-order valence-corrected chi connectivity index (χ1v) is 6.61. The Morgan fingerprint density at radius 3 is 2.89 bits per heavy atom.